The minimum absolute atomic E-state index is 0.569. The first-order valence-electron chi connectivity index (χ1n) is 7.28. The van der Waals surface area contributed by atoms with E-state index in [0.717, 1.165) is 13.1 Å². The van der Waals surface area contributed by atoms with Crippen LogP contribution in [0, 0.1) is 6.92 Å². The molecule has 1 atom stereocenters. The minimum Gasteiger partial charge on any atom is -0.370 e. The normalized spacial score (nSPS) is 19.5. The van der Waals surface area contributed by atoms with Gasteiger partial charge in [0.1, 0.15) is 0 Å². The van der Waals surface area contributed by atoms with Gasteiger partial charge in [-0.05, 0) is 31.9 Å². The summed E-state index contributed by atoms with van der Waals surface area (Å²) in [5, 5.41) is 3.61. The highest BCUT2D eigenvalue weighted by Crippen LogP contribution is 2.25. The number of anilines is 1. The molecule has 0 aliphatic carbocycles. The van der Waals surface area contributed by atoms with Crippen LogP contribution in [0.5, 0.6) is 0 Å². The molecule has 2 nitrogen and oxygen atoms in total. The van der Waals surface area contributed by atoms with Gasteiger partial charge >= 0.3 is 0 Å². The zero-order valence-electron chi connectivity index (χ0n) is 12.0. The largest absolute Gasteiger partial charge is 0.370 e. The monoisotopic (exact) mass is 246 g/mol. The number of unbranched alkanes of at least 4 members (excludes halogenated alkanes) is 2. The van der Waals surface area contributed by atoms with Gasteiger partial charge in [0.25, 0.3) is 0 Å². The Kier molecular flexibility index (Phi) is 4.65. The van der Waals surface area contributed by atoms with Crippen molar-refractivity contribution >= 4 is 5.69 Å². The molecule has 1 heterocycles. The van der Waals surface area contributed by atoms with E-state index >= 15 is 0 Å². The van der Waals surface area contributed by atoms with Crippen molar-refractivity contribution in [2.45, 2.75) is 52.6 Å². The molecule has 0 aromatic heterocycles. The van der Waals surface area contributed by atoms with Crippen molar-refractivity contribution in [3.63, 3.8) is 0 Å². The van der Waals surface area contributed by atoms with Crippen molar-refractivity contribution in [2.24, 2.45) is 0 Å². The number of fused-ring (bicyclic) bond motifs is 1. The van der Waals surface area contributed by atoms with Gasteiger partial charge in [-0.2, -0.15) is 0 Å². The highest BCUT2D eigenvalue weighted by atomic mass is 15.2. The molecule has 0 amide bonds. The maximum absolute atomic E-state index is 3.61. The first-order chi connectivity index (χ1) is 8.70. The van der Waals surface area contributed by atoms with Gasteiger partial charge in [-0.3, -0.25) is 0 Å². The molecule has 2 heteroatoms. The summed E-state index contributed by atoms with van der Waals surface area (Å²) in [4.78, 5) is 2.56. The third-order valence-electron chi connectivity index (χ3n) is 3.74. The Morgan fingerprint density at radius 3 is 2.94 bits per heavy atom. The molecule has 1 aliphatic heterocycles. The molecule has 1 aromatic carbocycles. The van der Waals surface area contributed by atoms with E-state index in [1.165, 1.54) is 42.6 Å². The topological polar surface area (TPSA) is 15.3 Å². The fraction of sp³-hybridized carbons (Fsp3) is 0.625. The van der Waals surface area contributed by atoms with Crippen LogP contribution in [-0.2, 0) is 6.54 Å². The average Bonchev–Trinajstić information content (AvgIpc) is 2.50. The van der Waals surface area contributed by atoms with E-state index in [-0.39, 0.29) is 0 Å². The second kappa shape index (κ2) is 6.24. The predicted molar refractivity (Wildman–Crippen MR) is 79.2 cm³/mol. The van der Waals surface area contributed by atoms with Crippen LogP contribution in [0.1, 0.15) is 44.2 Å². The smallest absolute Gasteiger partial charge is 0.0412 e. The molecule has 0 saturated carbocycles. The Balaban J connectivity index is 2.17. The van der Waals surface area contributed by atoms with Crippen molar-refractivity contribution in [2.75, 3.05) is 18.0 Å². The van der Waals surface area contributed by atoms with Crippen molar-refractivity contribution in [1.82, 2.24) is 5.32 Å². The molecular formula is C16H26N2. The highest BCUT2D eigenvalue weighted by molar-refractivity contribution is 5.56. The number of aryl methyl sites for hydroxylation is 1. The molecule has 0 fully saturated rings. The molecule has 100 valence electrons. The summed E-state index contributed by atoms with van der Waals surface area (Å²) in [6.45, 7) is 10.0. The van der Waals surface area contributed by atoms with Crippen LogP contribution >= 0.6 is 0 Å². The van der Waals surface area contributed by atoms with Gasteiger partial charge in [-0.1, -0.05) is 37.5 Å². The van der Waals surface area contributed by atoms with Crippen LogP contribution in [0.15, 0.2) is 18.2 Å². The van der Waals surface area contributed by atoms with Crippen LogP contribution in [0.3, 0.4) is 0 Å². The Bertz CT molecular complexity index is 387. The van der Waals surface area contributed by atoms with Crippen molar-refractivity contribution < 1.29 is 0 Å². The van der Waals surface area contributed by atoms with Crippen molar-refractivity contribution in [1.29, 1.82) is 0 Å². The maximum Gasteiger partial charge on any atom is 0.0412 e. The number of nitrogens with one attached hydrogen (secondary N) is 1. The Labute approximate surface area is 111 Å². The summed E-state index contributed by atoms with van der Waals surface area (Å²) in [5.74, 6) is 0. The van der Waals surface area contributed by atoms with Crippen LogP contribution in [0.2, 0.25) is 0 Å². The number of benzene rings is 1. The van der Waals surface area contributed by atoms with Gasteiger partial charge in [0.15, 0.2) is 0 Å². The lowest BCUT2D eigenvalue weighted by Crippen LogP contribution is -2.36. The first-order valence-corrected chi connectivity index (χ1v) is 7.28. The number of nitrogens with zero attached hydrogens (tertiary/aromatic N) is 1. The standard InChI is InChI=1S/C16H26N2/c1-4-5-6-9-18-12-14(3)17-11-15-10-13(2)7-8-16(15)18/h7-8,10,14,17H,4-6,9,11-12H2,1-3H3. The first kappa shape index (κ1) is 13.4. The molecule has 1 unspecified atom stereocenters. The summed E-state index contributed by atoms with van der Waals surface area (Å²) < 4.78 is 0. The van der Waals surface area contributed by atoms with Crippen LogP contribution in [0.25, 0.3) is 0 Å². The van der Waals surface area contributed by atoms with E-state index in [1.54, 1.807) is 0 Å². The van der Waals surface area contributed by atoms with Crippen LogP contribution in [0.4, 0.5) is 5.69 Å². The average molecular weight is 246 g/mol. The van der Waals surface area contributed by atoms with E-state index in [9.17, 15) is 0 Å². The summed E-state index contributed by atoms with van der Waals surface area (Å²) in [5.41, 5.74) is 4.25. The van der Waals surface area contributed by atoms with Crippen LogP contribution in [-0.4, -0.2) is 19.1 Å². The Hall–Kier alpha value is -1.02. The van der Waals surface area contributed by atoms with Gasteiger partial charge in [0, 0.05) is 31.4 Å². The van der Waals surface area contributed by atoms with Gasteiger partial charge in [0.05, 0.1) is 0 Å². The second-order valence-electron chi connectivity index (χ2n) is 5.57. The van der Waals surface area contributed by atoms with Crippen LogP contribution < -0.4 is 10.2 Å². The quantitative estimate of drug-likeness (QED) is 0.818. The molecular weight excluding hydrogens is 220 g/mol. The predicted octanol–water partition coefficient (Wildman–Crippen LogP) is 3.48. The second-order valence-corrected chi connectivity index (χ2v) is 5.57. The van der Waals surface area contributed by atoms with E-state index in [0.29, 0.717) is 6.04 Å². The minimum atomic E-state index is 0.569. The summed E-state index contributed by atoms with van der Waals surface area (Å²) in [6, 6.07) is 7.44. The fourth-order valence-electron chi connectivity index (χ4n) is 2.71. The Morgan fingerprint density at radius 1 is 1.33 bits per heavy atom. The van der Waals surface area contributed by atoms with Crippen molar-refractivity contribution in [3.8, 4) is 0 Å². The van der Waals surface area contributed by atoms with Crippen molar-refractivity contribution in [3.05, 3.63) is 29.3 Å². The van der Waals surface area contributed by atoms with E-state index in [1.807, 2.05) is 0 Å². The molecule has 0 bridgehead atoms. The van der Waals surface area contributed by atoms with E-state index in [2.05, 4.69) is 49.2 Å². The molecule has 0 radical (unpaired) electrons. The zero-order valence-corrected chi connectivity index (χ0v) is 12.0. The fourth-order valence-corrected chi connectivity index (χ4v) is 2.71. The molecule has 1 aliphatic rings. The lowest BCUT2D eigenvalue weighted by Gasteiger charge is -2.26. The molecule has 1 N–H and O–H groups in total. The van der Waals surface area contributed by atoms with Gasteiger partial charge < -0.3 is 10.2 Å². The number of hydrogen-bond donors (Lipinski definition) is 1. The summed E-state index contributed by atoms with van der Waals surface area (Å²) in [6.07, 6.45) is 3.93. The highest BCUT2D eigenvalue weighted by Gasteiger charge is 2.18. The number of hydrogen-bond acceptors (Lipinski definition) is 2. The maximum atomic E-state index is 3.61. The third-order valence-corrected chi connectivity index (χ3v) is 3.74. The van der Waals surface area contributed by atoms with Gasteiger partial charge in [0.2, 0.25) is 0 Å². The number of rotatable bonds is 4. The summed E-state index contributed by atoms with van der Waals surface area (Å²) >= 11 is 0. The Morgan fingerprint density at radius 2 is 2.17 bits per heavy atom. The van der Waals surface area contributed by atoms with Gasteiger partial charge in [-0.25, -0.2) is 0 Å². The van der Waals surface area contributed by atoms with Gasteiger partial charge in [-0.15, -0.1) is 0 Å². The molecule has 0 spiro atoms. The van der Waals surface area contributed by atoms with E-state index in [4.69, 9.17) is 0 Å². The molecule has 1 aromatic rings. The lowest BCUT2D eigenvalue weighted by molar-refractivity contribution is 0.546. The lowest BCUT2D eigenvalue weighted by atomic mass is 10.1. The molecule has 2 rings (SSSR count). The third kappa shape index (κ3) is 3.26. The summed E-state index contributed by atoms with van der Waals surface area (Å²) in [7, 11) is 0. The zero-order chi connectivity index (χ0) is 13.0. The molecule has 18 heavy (non-hydrogen) atoms. The van der Waals surface area contributed by atoms with E-state index < -0.39 is 0 Å². The molecule has 0 saturated heterocycles. The SMILES string of the molecule is CCCCCN1CC(C)NCc2cc(C)ccc21.